The molecule has 138 valence electrons. The zero-order chi connectivity index (χ0) is 19.3. The lowest BCUT2D eigenvalue weighted by Gasteiger charge is -2.05. The van der Waals surface area contributed by atoms with Crippen LogP contribution in [-0.2, 0) is 16.6 Å². The second-order valence-electron chi connectivity index (χ2n) is 5.98. The zero-order valence-electron chi connectivity index (χ0n) is 14.6. The van der Waals surface area contributed by atoms with Gasteiger partial charge in [-0.2, -0.15) is 0 Å². The highest BCUT2D eigenvalue weighted by Gasteiger charge is 2.08. The third kappa shape index (κ3) is 5.54. The van der Waals surface area contributed by atoms with E-state index in [4.69, 9.17) is 0 Å². The summed E-state index contributed by atoms with van der Waals surface area (Å²) in [4.78, 5) is 8.22. The van der Waals surface area contributed by atoms with Crippen molar-refractivity contribution in [2.75, 3.05) is 0 Å². The van der Waals surface area contributed by atoms with E-state index in [1.54, 1.807) is 18.2 Å². The zero-order valence-corrected chi connectivity index (χ0v) is 15.4. The molecular formula is C20H18FN3O2S. The highest BCUT2D eigenvalue weighted by atomic mass is 32.2. The van der Waals surface area contributed by atoms with E-state index < -0.39 is 10.0 Å². The second kappa shape index (κ2) is 8.20. The van der Waals surface area contributed by atoms with Crippen LogP contribution in [0.5, 0.6) is 0 Å². The molecule has 27 heavy (non-hydrogen) atoms. The molecule has 0 saturated heterocycles. The predicted octanol–water partition coefficient (Wildman–Crippen LogP) is 3.68. The first-order valence-electron chi connectivity index (χ1n) is 8.22. The van der Waals surface area contributed by atoms with Gasteiger partial charge in [0.05, 0.1) is 17.9 Å². The summed E-state index contributed by atoms with van der Waals surface area (Å²) in [7, 11) is -3.61. The molecule has 0 unspecified atom stereocenters. The summed E-state index contributed by atoms with van der Waals surface area (Å²) in [5.41, 5.74) is 3.73. The summed E-state index contributed by atoms with van der Waals surface area (Å²) in [5, 5.41) is 1.12. The molecule has 1 N–H and O–H groups in total. The van der Waals surface area contributed by atoms with E-state index in [-0.39, 0.29) is 12.4 Å². The molecule has 0 radical (unpaired) electrons. The third-order valence-electron chi connectivity index (χ3n) is 3.84. The van der Waals surface area contributed by atoms with Gasteiger partial charge in [0.1, 0.15) is 12.1 Å². The molecule has 0 bridgehead atoms. The number of sulfonamides is 1. The van der Waals surface area contributed by atoms with Crippen molar-refractivity contribution < 1.29 is 12.8 Å². The van der Waals surface area contributed by atoms with Crippen LogP contribution in [0.2, 0.25) is 0 Å². The van der Waals surface area contributed by atoms with E-state index in [0.29, 0.717) is 11.4 Å². The largest absolute Gasteiger partial charge is 0.240 e. The average Bonchev–Trinajstić information content (AvgIpc) is 2.67. The highest BCUT2D eigenvalue weighted by Crippen LogP contribution is 2.17. The van der Waals surface area contributed by atoms with Gasteiger partial charge in [-0.15, -0.1) is 0 Å². The summed E-state index contributed by atoms with van der Waals surface area (Å²) >= 11 is 0. The summed E-state index contributed by atoms with van der Waals surface area (Å²) in [6.45, 7) is 1.99. The van der Waals surface area contributed by atoms with E-state index in [9.17, 15) is 12.8 Å². The van der Waals surface area contributed by atoms with Gasteiger partial charge in [0.15, 0.2) is 0 Å². The van der Waals surface area contributed by atoms with E-state index in [1.165, 1.54) is 24.5 Å². The first-order valence-corrected chi connectivity index (χ1v) is 9.77. The molecule has 3 aromatic rings. The van der Waals surface area contributed by atoms with Crippen LogP contribution >= 0.6 is 0 Å². The Bertz CT molecular complexity index is 1050. The van der Waals surface area contributed by atoms with Crippen molar-refractivity contribution in [3.63, 3.8) is 0 Å². The minimum Gasteiger partial charge on any atom is -0.240 e. The van der Waals surface area contributed by atoms with Crippen molar-refractivity contribution in [1.29, 1.82) is 0 Å². The third-order valence-corrected chi connectivity index (χ3v) is 4.88. The highest BCUT2D eigenvalue weighted by molar-refractivity contribution is 7.92. The Morgan fingerprint density at radius 2 is 1.74 bits per heavy atom. The quantitative estimate of drug-likeness (QED) is 0.705. The standard InChI is InChI=1S/C20H18FN3O2S/c1-15-2-4-16(5-3-15)10-11-27(25,26)24-13-19-12-20(23-14-22-19)17-6-8-18(21)9-7-17/h2-12,14,24H,13H2,1H3/b11-10+. The van der Waals surface area contributed by atoms with Gasteiger partial charge in [0, 0.05) is 11.0 Å². The molecule has 5 nitrogen and oxygen atoms in total. The summed E-state index contributed by atoms with van der Waals surface area (Å²) in [5.74, 6) is -0.332. The lowest BCUT2D eigenvalue weighted by molar-refractivity contribution is 0.590. The summed E-state index contributed by atoms with van der Waals surface area (Å²) in [6, 6.07) is 15.1. The molecule has 0 aliphatic heterocycles. The lowest BCUT2D eigenvalue weighted by Crippen LogP contribution is -2.21. The molecule has 0 amide bonds. The molecule has 0 saturated carbocycles. The monoisotopic (exact) mass is 383 g/mol. The smallest absolute Gasteiger partial charge is 0.234 e. The normalized spacial score (nSPS) is 11.8. The molecule has 0 spiro atoms. The first kappa shape index (κ1) is 18.9. The number of aryl methyl sites for hydroxylation is 1. The molecule has 2 aromatic carbocycles. The van der Waals surface area contributed by atoms with Crippen LogP contribution in [0, 0.1) is 12.7 Å². The fourth-order valence-electron chi connectivity index (χ4n) is 2.34. The van der Waals surface area contributed by atoms with Gasteiger partial charge in [-0.25, -0.2) is 27.5 Å². The Hall–Kier alpha value is -2.90. The number of aromatic nitrogens is 2. The fourth-order valence-corrected chi connectivity index (χ4v) is 3.12. The van der Waals surface area contributed by atoms with Crippen molar-refractivity contribution >= 4 is 16.1 Å². The Balaban J connectivity index is 1.67. The van der Waals surface area contributed by atoms with Gasteiger partial charge < -0.3 is 0 Å². The van der Waals surface area contributed by atoms with Crippen LogP contribution in [-0.4, -0.2) is 18.4 Å². The van der Waals surface area contributed by atoms with Gasteiger partial charge in [0.25, 0.3) is 0 Å². The fraction of sp³-hybridized carbons (Fsp3) is 0.100. The topological polar surface area (TPSA) is 72.0 Å². The van der Waals surface area contributed by atoms with Gasteiger partial charge in [-0.3, -0.25) is 0 Å². The number of nitrogens with one attached hydrogen (secondary N) is 1. The minimum atomic E-state index is -3.61. The molecule has 0 aliphatic rings. The number of nitrogens with zero attached hydrogens (tertiary/aromatic N) is 2. The van der Waals surface area contributed by atoms with E-state index >= 15 is 0 Å². The Kier molecular flexibility index (Phi) is 5.73. The van der Waals surface area contributed by atoms with Crippen LogP contribution in [0.15, 0.2) is 66.3 Å². The summed E-state index contributed by atoms with van der Waals surface area (Å²) in [6.07, 6.45) is 2.89. The van der Waals surface area contributed by atoms with Crippen molar-refractivity contribution in [3.8, 4) is 11.3 Å². The van der Waals surface area contributed by atoms with Crippen molar-refractivity contribution in [2.24, 2.45) is 0 Å². The Morgan fingerprint density at radius 1 is 1.04 bits per heavy atom. The van der Waals surface area contributed by atoms with Crippen LogP contribution in [0.1, 0.15) is 16.8 Å². The molecule has 3 rings (SSSR count). The van der Waals surface area contributed by atoms with E-state index in [2.05, 4.69) is 14.7 Å². The Morgan fingerprint density at radius 3 is 2.44 bits per heavy atom. The molecule has 0 fully saturated rings. The van der Waals surface area contributed by atoms with E-state index in [1.807, 2.05) is 31.2 Å². The Labute approximate surface area is 157 Å². The first-order chi connectivity index (χ1) is 12.9. The predicted molar refractivity (Wildman–Crippen MR) is 103 cm³/mol. The van der Waals surface area contributed by atoms with Gasteiger partial charge in [-0.1, -0.05) is 29.8 Å². The molecule has 7 heteroatoms. The SMILES string of the molecule is Cc1ccc(/C=C/S(=O)(=O)NCc2cc(-c3ccc(F)cc3)ncn2)cc1. The van der Waals surface area contributed by atoms with Gasteiger partial charge in [-0.05, 0) is 48.9 Å². The molecule has 0 atom stereocenters. The van der Waals surface area contributed by atoms with Crippen molar-refractivity contribution in [3.05, 3.63) is 89.0 Å². The van der Waals surface area contributed by atoms with Gasteiger partial charge >= 0.3 is 0 Å². The summed E-state index contributed by atoms with van der Waals surface area (Å²) < 4.78 is 39.8. The number of hydrogen-bond acceptors (Lipinski definition) is 4. The maximum absolute atomic E-state index is 13.0. The van der Waals surface area contributed by atoms with Crippen LogP contribution < -0.4 is 4.72 Å². The van der Waals surface area contributed by atoms with E-state index in [0.717, 1.165) is 22.1 Å². The van der Waals surface area contributed by atoms with Crippen molar-refractivity contribution in [2.45, 2.75) is 13.5 Å². The number of hydrogen-bond donors (Lipinski definition) is 1. The second-order valence-corrected chi connectivity index (χ2v) is 7.63. The van der Waals surface area contributed by atoms with Crippen molar-refractivity contribution in [1.82, 2.24) is 14.7 Å². The number of rotatable bonds is 6. The maximum atomic E-state index is 13.0. The maximum Gasteiger partial charge on any atom is 0.234 e. The minimum absolute atomic E-state index is 0.0251. The molecule has 1 aromatic heterocycles. The molecule has 0 aliphatic carbocycles. The van der Waals surface area contributed by atoms with Crippen LogP contribution in [0.3, 0.4) is 0 Å². The molecular weight excluding hydrogens is 365 g/mol. The van der Waals surface area contributed by atoms with Crippen LogP contribution in [0.4, 0.5) is 4.39 Å². The lowest BCUT2D eigenvalue weighted by atomic mass is 10.1. The molecule has 1 heterocycles. The van der Waals surface area contributed by atoms with Gasteiger partial charge in [0.2, 0.25) is 10.0 Å². The number of halogens is 1. The van der Waals surface area contributed by atoms with Crippen LogP contribution in [0.25, 0.3) is 17.3 Å². The number of benzene rings is 2. The average molecular weight is 383 g/mol.